The van der Waals surface area contributed by atoms with Gasteiger partial charge in [-0.3, -0.25) is 10.1 Å². The SMILES string of the molecule is COC(=O)c1ccc([N+](=O)[O-])c(N(C)CCS(C)(=O)=O)n1. The van der Waals surface area contributed by atoms with Crippen LogP contribution in [0.1, 0.15) is 10.5 Å². The van der Waals surface area contributed by atoms with E-state index in [0.29, 0.717) is 0 Å². The van der Waals surface area contributed by atoms with E-state index in [2.05, 4.69) is 9.72 Å². The van der Waals surface area contributed by atoms with Gasteiger partial charge in [0.15, 0.2) is 5.69 Å². The van der Waals surface area contributed by atoms with Crippen LogP contribution < -0.4 is 4.90 Å². The molecule has 0 amide bonds. The monoisotopic (exact) mass is 317 g/mol. The summed E-state index contributed by atoms with van der Waals surface area (Å²) in [5.74, 6) is -1.01. The molecule has 1 aromatic heterocycles. The van der Waals surface area contributed by atoms with E-state index in [9.17, 15) is 23.3 Å². The number of carbonyl (C=O) groups is 1. The molecule has 0 fully saturated rings. The summed E-state index contributed by atoms with van der Waals surface area (Å²) in [5, 5.41) is 11.0. The van der Waals surface area contributed by atoms with E-state index < -0.39 is 20.7 Å². The molecule has 10 heteroatoms. The zero-order valence-electron chi connectivity index (χ0n) is 11.8. The maximum absolute atomic E-state index is 11.4. The number of anilines is 1. The van der Waals surface area contributed by atoms with Gasteiger partial charge in [-0.05, 0) is 6.07 Å². The molecular weight excluding hydrogens is 302 g/mol. The molecule has 0 radical (unpaired) electrons. The van der Waals surface area contributed by atoms with Crippen LogP contribution in [0.3, 0.4) is 0 Å². The van der Waals surface area contributed by atoms with Crippen LogP contribution in [-0.2, 0) is 14.6 Å². The van der Waals surface area contributed by atoms with Crippen molar-refractivity contribution in [3.8, 4) is 0 Å². The van der Waals surface area contributed by atoms with Crippen LogP contribution in [0.2, 0.25) is 0 Å². The highest BCUT2D eigenvalue weighted by Crippen LogP contribution is 2.25. The Morgan fingerprint density at radius 1 is 1.48 bits per heavy atom. The van der Waals surface area contributed by atoms with Crippen LogP contribution in [-0.4, -0.2) is 57.0 Å². The number of sulfone groups is 1. The van der Waals surface area contributed by atoms with Gasteiger partial charge in [-0.25, -0.2) is 18.2 Å². The van der Waals surface area contributed by atoms with Crippen molar-refractivity contribution >= 4 is 27.3 Å². The highest BCUT2D eigenvalue weighted by atomic mass is 32.2. The van der Waals surface area contributed by atoms with Crippen LogP contribution in [0, 0.1) is 10.1 Å². The third-order valence-electron chi connectivity index (χ3n) is 2.60. The fourth-order valence-electron chi connectivity index (χ4n) is 1.49. The molecule has 0 N–H and O–H groups in total. The Bertz CT molecular complexity index is 658. The van der Waals surface area contributed by atoms with Gasteiger partial charge in [0.05, 0.1) is 17.8 Å². The van der Waals surface area contributed by atoms with E-state index in [1.165, 1.54) is 25.1 Å². The van der Waals surface area contributed by atoms with Crippen molar-refractivity contribution in [2.45, 2.75) is 0 Å². The predicted octanol–water partition coefficient (Wildman–Crippen LogP) is 0.257. The van der Waals surface area contributed by atoms with E-state index in [1.54, 1.807) is 0 Å². The first-order valence-corrected chi connectivity index (χ1v) is 7.84. The second-order valence-electron chi connectivity index (χ2n) is 4.34. The van der Waals surface area contributed by atoms with Crippen molar-refractivity contribution < 1.29 is 22.9 Å². The Balaban J connectivity index is 3.16. The Morgan fingerprint density at radius 3 is 2.57 bits per heavy atom. The molecule has 0 bridgehead atoms. The molecule has 116 valence electrons. The Hall–Kier alpha value is -2.23. The van der Waals surface area contributed by atoms with E-state index in [1.807, 2.05) is 0 Å². The normalized spacial score (nSPS) is 11.0. The first-order valence-electron chi connectivity index (χ1n) is 5.78. The van der Waals surface area contributed by atoms with Gasteiger partial charge >= 0.3 is 11.7 Å². The largest absolute Gasteiger partial charge is 0.464 e. The van der Waals surface area contributed by atoms with Gasteiger partial charge < -0.3 is 9.64 Å². The van der Waals surface area contributed by atoms with Crippen LogP contribution in [0.4, 0.5) is 11.5 Å². The lowest BCUT2D eigenvalue weighted by atomic mass is 10.3. The highest BCUT2D eigenvalue weighted by Gasteiger charge is 2.22. The van der Waals surface area contributed by atoms with Crippen molar-refractivity contribution in [3.63, 3.8) is 0 Å². The third-order valence-corrected chi connectivity index (χ3v) is 3.53. The van der Waals surface area contributed by atoms with Gasteiger partial charge in [0, 0.05) is 25.9 Å². The molecular formula is C11H15N3O6S. The van der Waals surface area contributed by atoms with Gasteiger partial charge in [0.2, 0.25) is 5.82 Å². The first-order chi connectivity index (χ1) is 9.65. The number of carbonyl (C=O) groups excluding carboxylic acids is 1. The second kappa shape index (κ2) is 6.48. The molecule has 0 unspecified atom stereocenters. The third kappa shape index (κ3) is 4.67. The van der Waals surface area contributed by atoms with Gasteiger partial charge in [0.25, 0.3) is 0 Å². The fourth-order valence-corrected chi connectivity index (χ4v) is 2.10. The Labute approximate surface area is 121 Å². The average molecular weight is 317 g/mol. The lowest BCUT2D eigenvalue weighted by molar-refractivity contribution is -0.384. The molecule has 21 heavy (non-hydrogen) atoms. The summed E-state index contributed by atoms with van der Waals surface area (Å²) >= 11 is 0. The molecule has 0 spiro atoms. The number of rotatable bonds is 6. The van der Waals surface area contributed by atoms with Gasteiger partial charge in [-0.2, -0.15) is 0 Å². The minimum atomic E-state index is -3.22. The molecule has 0 aliphatic carbocycles. The first kappa shape index (κ1) is 16.8. The average Bonchev–Trinajstić information content (AvgIpc) is 2.42. The minimum Gasteiger partial charge on any atom is -0.464 e. The number of aromatic nitrogens is 1. The molecule has 0 saturated carbocycles. The summed E-state index contributed by atoms with van der Waals surface area (Å²) < 4.78 is 26.8. The predicted molar refractivity (Wildman–Crippen MR) is 75.2 cm³/mol. The second-order valence-corrected chi connectivity index (χ2v) is 6.60. The van der Waals surface area contributed by atoms with E-state index in [-0.39, 0.29) is 29.5 Å². The molecule has 0 atom stereocenters. The van der Waals surface area contributed by atoms with E-state index in [4.69, 9.17) is 0 Å². The molecule has 0 saturated heterocycles. The molecule has 1 heterocycles. The fraction of sp³-hybridized carbons (Fsp3) is 0.455. The van der Waals surface area contributed by atoms with E-state index in [0.717, 1.165) is 12.3 Å². The summed E-state index contributed by atoms with van der Waals surface area (Å²) in [6.07, 6.45) is 1.06. The number of nitro groups is 1. The van der Waals surface area contributed by atoms with Crippen molar-refractivity contribution in [1.29, 1.82) is 0 Å². The number of ether oxygens (including phenoxy) is 1. The van der Waals surface area contributed by atoms with Crippen LogP contribution in [0.15, 0.2) is 12.1 Å². The van der Waals surface area contributed by atoms with Gasteiger partial charge in [-0.1, -0.05) is 0 Å². The molecule has 1 aromatic rings. The van der Waals surface area contributed by atoms with E-state index >= 15 is 0 Å². The number of methoxy groups -OCH3 is 1. The number of hydrogen-bond donors (Lipinski definition) is 0. The standard InChI is InChI=1S/C11H15N3O6S/c1-13(6-7-21(3,18)19)10-9(14(16)17)5-4-8(12-10)11(15)20-2/h4-5H,6-7H2,1-3H3. The van der Waals surface area contributed by atoms with Crippen LogP contribution in [0.5, 0.6) is 0 Å². The zero-order valence-corrected chi connectivity index (χ0v) is 12.6. The quantitative estimate of drug-likeness (QED) is 0.416. The summed E-state index contributed by atoms with van der Waals surface area (Å²) in [6.45, 7) is 0.0112. The molecule has 0 aliphatic rings. The number of nitrogens with zero attached hydrogens (tertiary/aromatic N) is 3. The summed E-state index contributed by atoms with van der Waals surface area (Å²) in [4.78, 5) is 26.9. The van der Waals surface area contributed by atoms with Crippen molar-refractivity contribution in [2.75, 3.05) is 37.6 Å². The summed E-state index contributed by atoms with van der Waals surface area (Å²) in [7, 11) is -0.597. The van der Waals surface area contributed by atoms with Crippen LogP contribution >= 0.6 is 0 Å². The maximum Gasteiger partial charge on any atom is 0.356 e. The summed E-state index contributed by atoms with van der Waals surface area (Å²) in [5.41, 5.74) is -0.414. The number of esters is 1. The van der Waals surface area contributed by atoms with Crippen molar-refractivity contribution in [3.05, 3.63) is 27.9 Å². The molecule has 0 aliphatic heterocycles. The summed E-state index contributed by atoms with van der Waals surface area (Å²) in [6, 6.07) is 2.31. The molecule has 0 aromatic carbocycles. The minimum absolute atomic E-state index is 0.0112. The Morgan fingerprint density at radius 2 is 2.10 bits per heavy atom. The molecule has 9 nitrogen and oxygen atoms in total. The lowest BCUT2D eigenvalue weighted by Gasteiger charge is -2.17. The van der Waals surface area contributed by atoms with Crippen LogP contribution in [0.25, 0.3) is 0 Å². The van der Waals surface area contributed by atoms with Gasteiger partial charge in [0.1, 0.15) is 9.84 Å². The van der Waals surface area contributed by atoms with Crippen molar-refractivity contribution in [2.24, 2.45) is 0 Å². The lowest BCUT2D eigenvalue weighted by Crippen LogP contribution is -2.27. The highest BCUT2D eigenvalue weighted by molar-refractivity contribution is 7.90. The zero-order chi connectivity index (χ0) is 16.2. The molecule has 1 rings (SSSR count). The topological polar surface area (TPSA) is 120 Å². The number of hydrogen-bond acceptors (Lipinski definition) is 8. The van der Waals surface area contributed by atoms with Crippen molar-refractivity contribution in [1.82, 2.24) is 4.98 Å². The maximum atomic E-state index is 11.4. The number of pyridine rings is 1. The smallest absolute Gasteiger partial charge is 0.356 e. The van der Waals surface area contributed by atoms with Gasteiger partial charge in [-0.15, -0.1) is 0 Å². The Kier molecular flexibility index (Phi) is 5.19.